The van der Waals surface area contributed by atoms with Crippen LogP contribution in [0.1, 0.15) is 15.9 Å². The standard InChI is InChI=1S/C16H10ClFO3/c17-13-8-11(18)3-4-12(13)14(19)5-1-10-2-6-15-16(7-10)21-9-20-15/h1-8H,9H2. The van der Waals surface area contributed by atoms with Crippen LogP contribution in [-0.2, 0) is 0 Å². The van der Waals surface area contributed by atoms with Gasteiger partial charge in [0.05, 0.1) is 5.02 Å². The minimum absolute atomic E-state index is 0.0929. The normalized spacial score (nSPS) is 12.9. The summed E-state index contributed by atoms with van der Waals surface area (Å²) in [5.74, 6) is 0.554. The third-order valence-electron chi connectivity index (χ3n) is 3.02. The molecule has 2 aromatic rings. The second kappa shape index (κ2) is 5.58. The fourth-order valence-electron chi connectivity index (χ4n) is 1.97. The molecular formula is C16H10ClFO3. The Labute approximate surface area is 125 Å². The lowest BCUT2D eigenvalue weighted by atomic mass is 10.1. The summed E-state index contributed by atoms with van der Waals surface area (Å²) < 4.78 is 23.4. The van der Waals surface area contributed by atoms with Gasteiger partial charge in [0.1, 0.15) is 5.82 Å². The molecule has 0 aromatic heterocycles. The first kappa shape index (κ1) is 13.6. The molecular weight excluding hydrogens is 295 g/mol. The van der Waals surface area contributed by atoms with Gasteiger partial charge in [-0.1, -0.05) is 23.7 Å². The maximum atomic E-state index is 12.9. The largest absolute Gasteiger partial charge is 0.454 e. The maximum absolute atomic E-state index is 12.9. The molecule has 1 heterocycles. The molecule has 1 aliphatic rings. The van der Waals surface area contributed by atoms with Gasteiger partial charge in [-0.2, -0.15) is 0 Å². The van der Waals surface area contributed by atoms with Gasteiger partial charge in [0.2, 0.25) is 6.79 Å². The zero-order valence-corrected chi connectivity index (χ0v) is 11.6. The summed E-state index contributed by atoms with van der Waals surface area (Å²) in [7, 11) is 0. The summed E-state index contributed by atoms with van der Waals surface area (Å²) in [6, 6.07) is 9.04. The van der Waals surface area contributed by atoms with E-state index in [-0.39, 0.29) is 23.2 Å². The van der Waals surface area contributed by atoms with Crippen molar-refractivity contribution in [1.82, 2.24) is 0 Å². The van der Waals surface area contributed by atoms with Gasteiger partial charge in [-0.05, 0) is 42.0 Å². The highest BCUT2D eigenvalue weighted by molar-refractivity contribution is 6.34. The lowest BCUT2D eigenvalue weighted by Gasteiger charge is -2.00. The van der Waals surface area contributed by atoms with E-state index in [1.54, 1.807) is 18.2 Å². The number of carbonyl (C=O) groups excluding carboxylic acids is 1. The van der Waals surface area contributed by atoms with Crippen LogP contribution < -0.4 is 9.47 Å². The van der Waals surface area contributed by atoms with Gasteiger partial charge in [-0.15, -0.1) is 0 Å². The molecule has 5 heteroatoms. The highest BCUT2D eigenvalue weighted by Crippen LogP contribution is 2.32. The van der Waals surface area contributed by atoms with Gasteiger partial charge >= 0.3 is 0 Å². The summed E-state index contributed by atoms with van der Waals surface area (Å²) in [5.41, 5.74) is 1.06. The first-order valence-corrected chi connectivity index (χ1v) is 6.58. The minimum Gasteiger partial charge on any atom is -0.454 e. The number of hydrogen-bond acceptors (Lipinski definition) is 3. The SMILES string of the molecule is O=C(C=Cc1ccc2c(c1)OCO2)c1ccc(F)cc1Cl. The van der Waals surface area contributed by atoms with Crippen molar-refractivity contribution in [2.24, 2.45) is 0 Å². The van der Waals surface area contributed by atoms with Gasteiger partial charge < -0.3 is 9.47 Å². The Morgan fingerprint density at radius 2 is 1.95 bits per heavy atom. The number of ether oxygens (including phenoxy) is 2. The number of ketones is 1. The van der Waals surface area contributed by atoms with Gasteiger partial charge in [-0.3, -0.25) is 4.79 Å². The molecule has 0 aliphatic carbocycles. The van der Waals surface area contributed by atoms with Crippen LogP contribution in [0.4, 0.5) is 4.39 Å². The van der Waals surface area contributed by atoms with E-state index in [4.69, 9.17) is 21.1 Å². The number of fused-ring (bicyclic) bond motifs is 1. The Kier molecular flexibility index (Phi) is 3.62. The molecule has 106 valence electrons. The van der Waals surface area contributed by atoms with Crippen LogP contribution >= 0.6 is 11.6 Å². The first-order chi connectivity index (χ1) is 10.1. The van der Waals surface area contributed by atoms with Crippen molar-refractivity contribution >= 4 is 23.5 Å². The molecule has 0 fully saturated rings. The number of hydrogen-bond donors (Lipinski definition) is 0. The van der Waals surface area contributed by atoms with Crippen LogP contribution in [0.5, 0.6) is 11.5 Å². The van der Waals surface area contributed by atoms with Crippen LogP contribution in [0.25, 0.3) is 6.08 Å². The van der Waals surface area contributed by atoms with Crippen LogP contribution in [-0.4, -0.2) is 12.6 Å². The first-order valence-electron chi connectivity index (χ1n) is 6.20. The summed E-state index contributed by atoms with van der Waals surface area (Å²) in [6.07, 6.45) is 3.03. The molecule has 3 nitrogen and oxygen atoms in total. The summed E-state index contributed by atoms with van der Waals surface area (Å²) in [6.45, 7) is 0.201. The monoisotopic (exact) mass is 304 g/mol. The van der Waals surface area contributed by atoms with Crippen molar-refractivity contribution in [2.45, 2.75) is 0 Å². The lowest BCUT2D eigenvalue weighted by Crippen LogP contribution is -1.95. The van der Waals surface area contributed by atoms with Crippen molar-refractivity contribution in [3.63, 3.8) is 0 Å². The van der Waals surface area contributed by atoms with Crippen molar-refractivity contribution < 1.29 is 18.7 Å². The molecule has 1 aliphatic heterocycles. The highest BCUT2D eigenvalue weighted by Gasteiger charge is 2.13. The Morgan fingerprint density at radius 1 is 1.14 bits per heavy atom. The fourth-order valence-corrected chi connectivity index (χ4v) is 2.23. The van der Waals surface area contributed by atoms with Crippen LogP contribution in [0.3, 0.4) is 0 Å². The predicted molar refractivity (Wildman–Crippen MR) is 77.3 cm³/mol. The van der Waals surface area contributed by atoms with E-state index in [9.17, 15) is 9.18 Å². The van der Waals surface area contributed by atoms with Gasteiger partial charge in [0.15, 0.2) is 17.3 Å². The van der Waals surface area contributed by atoms with E-state index < -0.39 is 5.82 Å². The molecule has 0 saturated heterocycles. The average molecular weight is 305 g/mol. The number of rotatable bonds is 3. The number of allylic oxidation sites excluding steroid dienone is 1. The molecule has 3 rings (SSSR count). The van der Waals surface area contributed by atoms with E-state index in [2.05, 4.69) is 0 Å². The van der Waals surface area contributed by atoms with Crippen LogP contribution in [0, 0.1) is 5.82 Å². The van der Waals surface area contributed by atoms with Crippen LogP contribution in [0.2, 0.25) is 5.02 Å². The van der Waals surface area contributed by atoms with Crippen molar-refractivity contribution in [1.29, 1.82) is 0 Å². The van der Waals surface area contributed by atoms with E-state index in [1.807, 2.05) is 6.07 Å². The number of halogens is 2. The van der Waals surface area contributed by atoms with E-state index >= 15 is 0 Å². The van der Waals surface area contributed by atoms with E-state index in [1.165, 1.54) is 18.2 Å². The maximum Gasteiger partial charge on any atom is 0.231 e. The molecule has 0 unspecified atom stereocenters. The zero-order chi connectivity index (χ0) is 14.8. The van der Waals surface area contributed by atoms with Gasteiger partial charge in [0, 0.05) is 5.56 Å². The smallest absolute Gasteiger partial charge is 0.231 e. The van der Waals surface area contributed by atoms with E-state index in [0.29, 0.717) is 11.5 Å². The Bertz CT molecular complexity index is 740. The third-order valence-corrected chi connectivity index (χ3v) is 3.33. The van der Waals surface area contributed by atoms with E-state index in [0.717, 1.165) is 11.6 Å². The Morgan fingerprint density at radius 3 is 2.76 bits per heavy atom. The van der Waals surface area contributed by atoms with Gasteiger partial charge in [0.25, 0.3) is 0 Å². The minimum atomic E-state index is -0.476. The summed E-state index contributed by atoms with van der Waals surface area (Å²) in [4.78, 5) is 12.0. The third kappa shape index (κ3) is 2.90. The molecule has 21 heavy (non-hydrogen) atoms. The molecule has 0 amide bonds. The summed E-state index contributed by atoms with van der Waals surface area (Å²) >= 11 is 5.85. The molecule has 0 bridgehead atoms. The Hall–Kier alpha value is -2.33. The molecule has 0 atom stereocenters. The second-order valence-corrected chi connectivity index (χ2v) is 4.84. The molecule has 2 aromatic carbocycles. The zero-order valence-electron chi connectivity index (χ0n) is 10.8. The fraction of sp³-hybridized carbons (Fsp3) is 0.0625. The molecule has 0 radical (unpaired) electrons. The topological polar surface area (TPSA) is 35.5 Å². The summed E-state index contributed by atoms with van der Waals surface area (Å²) in [5, 5.41) is 0.0929. The lowest BCUT2D eigenvalue weighted by molar-refractivity contribution is 0.104. The predicted octanol–water partition coefficient (Wildman–Crippen LogP) is 4.10. The number of benzene rings is 2. The highest BCUT2D eigenvalue weighted by atomic mass is 35.5. The Balaban J connectivity index is 1.80. The van der Waals surface area contributed by atoms with Crippen molar-refractivity contribution in [3.05, 3.63) is 64.4 Å². The molecule has 0 spiro atoms. The van der Waals surface area contributed by atoms with Crippen molar-refractivity contribution in [2.75, 3.05) is 6.79 Å². The average Bonchev–Trinajstić information content (AvgIpc) is 2.92. The number of carbonyl (C=O) groups is 1. The second-order valence-electron chi connectivity index (χ2n) is 4.43. The van der Waals surface area contributed by atoms with Crippen LogP contribution in [0.15, 0.2) is 42.5 Å². The molecule has 0 N–H and O–H groups in total. The van der Waals surface area contributed by atoms with Gasteiger partial charge in [-0.25, -0.2) is 4.39 Å². The quantitative estimate of drug-likeness (QED) is 0.632. The van der Waals surface area contributed by atoms with Crippen molar-refractivity contribution in [3.8, 4) is 11.5 Å². The molecule has 0 saturated carbocycles.